The van der Waals surface area contributed by atoms with Gasteiger partial charge < -0.3 is 10.6 Å². The smallest absolute Gasteiger partial charge is 0.272 e. The molecule has 2 aliphatic rings. The number of aromatic nitrogens is 2. The number of nitrogens with one attached hydrogen (secondary N) is 2. The second kappa shape index (κ2) is 6.77. The third-order valence-electron chi connectivity index (χ3n) is 5.15. The topological polar surface area (TPSA) is 59.0 Å². The lowest BCUT2D eigenvalue weighted by Gasteiger charge is -2.09. The van der Waals surface area contributed by atoms with Crippen LogP contribution >= 0.6 is 0 Å². The van der Waals surface area contributed by atoms with E-state index in [9.17, 15) is 4.79 Å². The van der Waals surface area contributed by atoms with Crippen LogP contribution in [0, 0.1) is 5.92 Å². The van der Waals surface area contributed by atoms with Crippen LogP contribution in [0.15, 0.2) is 30.3 Å². The van der Waals surface area contributed by atoms with Crippen molar-refractivity contribution in [3.05, 3.63) is 47.3 Å². The number of hydrogen-bond acceptors (Lipinski definition) is 3. The molecule has 5 heteroatoms. The SMILES string of the molecule is O=C(NCCC1CCNC1)c1nn(-c2ccccc2)c2c1CCC2. The maximum Gasteiger partial charge on any atom is 0.272 e. The minimum absolute atomic E-state index is 0.0196. The van der Waals surface area contributed by atoms with Gasteiger partial charge in [-0.25, -0.2) is 4.68 Å². The van der Waals surface area contributed by atoms with Gasteiger partial charge in [0.25, 0.3) is 5.91 Å². The Morgan fingerprint density at radius 1 is 1.29 bits per heavy atom. The Kier molecular flexibility index (Phi) is 4.34. The van der Waals surface area contributed by atoms with Crippen LogP contribution in [0.1, 0.15) is 41.0 Å². The highest BCUT2D eigenvalue weighted by molar-refractivity contribution is 5.94. The molecule has 1 aliphatic carbocycles. The zero-order valence-electron chi connectivity index (χ0n) is 13.9. The second-order valence-corrected chi connectivity index (χ2v) is 6.78. The van der Waals surface area contributed by atoms with Gasteiger partial charge in [0.05, 0.1) is 5.69 Å². The summed E-state index contributed by atoms with van der Waals surface area (Å²) in [4.78, 5) is 12.6. The van der Waals surface area contributed by atoms with Gasteiger partial charge >= 0.3 is 0 Å². The van der Waals surface area contributed by atoms with Crippen LogP contribution in [0.3, 0.4) is 0 Å². The van der Waals surface area contributed by atoms with Crippen LogP contribution in [0.5, 0.6) is 0 Å². The molecule has 4 rings (SSSR count). The fraction of sp³-hybridized carbons (Fsp3) is 0.474. The van der Waals surface area contributed by atoms with Crippen molar-refractivity contribution in [3.63, 3.8) is 0 Å². The van der Waals surface area contributed by atoms with E-state index in [0.29, 0.717) is 11.6 Å². The van der Waals surface area contributed by atoms with Crippen molar-refractivity contribution < 1.29 is 4.79 Å². The second-order valence-electron chi connectivity index (χ2n) is 6.78. The van der Waals surface area contributed by atoms with E-state index >= 15 is 0 Å². The Labute approximate surface area is 142 Å². The van der Waals surface area contributed by atoms with Gasteiger partial charge in [0, 0.05) is 17.8 Å². The van der Waals surface area contributed by atoms with Gasteiger partial charge in [-0.15, -0.1) is 0 Å². The van der Waals surface area contributed by atoms with Crippen molar-refractivity contribution in [2.45, 2.75) is 32.1 Å². The summed E-state index contributed by atoms with van der Waals surface area (Å²) in [6.07, 6.45) is 5.32. The number of benzene rings is 1. The molecule has 126 valence electrons. The molecule has 0 bridgehead atoms. The molecular weight excluding hydrogens is 300 g/mol. The van der Waals surface area contributed by atoms with Crippen molar-refractivity contribution in [2.75, 3.05) is 19.6 Å². The summed E-state index contributed by atoms with van der Waals surface area (Å²) in [5.74, 6) is 0.673. The fourth-order valence-electron chi connectivity index (χ4n) is 3.84. The number of nitrogens with zero attached hydrogens (tertiary/aromatic N) is 2. The lowest BCUT2D eigenvalue weighted by molar-refractivity contribution is 0.0945. The first-order valence-electron chi connectivity index (χ1n) is 8.98. The first-order chi connectivity index (χ1) is 11.8. The normalized spacial score (nSPS) is 19.4. The van der Waals surface area contributed by atoms with Crippen LogP contribution < -0.4 is 10.6 Å². The maximum absolute atomic E-state index is 12.6. The van der Waals surface area contributed by atoms with Gasteiger partial charge in [0.2, 0.25) is 0 Å². The van der Waals surface area contributed by atoms with E-state index in [4.69, 9.17) is 0 Å². The molecule has 0 spiro atoms. The number of carbonyl (C=O) groups excluding carboxylic acids is 1. The van der Waals surface area contributed by atoms with Crippen molar-refractivity contribution in [1.29, 1.82) is 0 Å². The van der Waals surface area contributed by atoms with Crippen molar-refractivity contribution in [3.8, 4) is 5.69 Å². The van der Waals surface area contributed by atoms with Crippen LogP contribution in [-0.2, 0) is 12.8 Å². The predicted molar refractivity (Wildman–Crippen MR) is 93.5 cm³/mol. The molecule has 1 aliphatic heterocycles. The Morgan fingerprint density at radius 3 is 2.96 bits per heavy atom. The Balaban J connectivity index is 1.49. The summed E-state index contributed by atoms with van der Waals surface area (Å²) in [5, 5.41) is 11.1. The van der Waals surface area contributed by atoms with E-state index in [1.54, 1.807) is 0 Å². The molecule has 2 aromatic rings. The van der Waals surface area contributed by atoms with Gasteiger partial charge in [-0.2, -0.15) is 5.10 Å². The van der Waals surface area contributed by atoms with Crippen LogP contribution in [0.4, 0.5) is 0 Å². The van der Waals surface area contributed by atoms with Crippen molar-refractivity contribution in [2.24, 2.45) is 5.92 Å². The summed E-state index contributed by atoms with van der Waals surface area (Å²) in [7, 11) is 0. The van der Waals surface area contributed by atoms with E-state index in [2.05, 4.69) is 15.7 Å². The molecule has 1 atom stereocenters. The molecule has 0 radical (unpaired) electrons. The first kappa shape index (κ1) is 15.4. The highest BCUT2D eigenvalue weighted by atomic mass is 16.1. The molecule has 24 heavy (non-hydrogen) atoms. The van der Waals surface area contributed by atoms with Gasteiger partial charge in [-0.3, -0.25) is 4.79 Å². The Hall–Kier alpha value is -2.14. The van der Waals surface area contributed by atoms with E-state index in [0.717, 1.165) is 56.6 Å². The van der Waals surface area contributed by atoms with E-state index in [1.165, 1.54) is 12.1 Å². The average molecular weight is 324 g/mol. The van der Waals surface area contributed by atoms with Crippen LogP contribution in [-0.4, -0.2) is 35.3 Å². The number of rotatable bonds is 5. The molecule has 1 saturated heterocycles. The van der Waals surface area contributed by atoms with E-state index in [1.807, 2.05) is 35.0 Å². The van der Waals surface area contributed by atoms with Gasteiger partial charge in [-0.1, -0.05) is 18.2 Å². The monoisotopic (exact) mass is 324 g/mol. The lowest BCUT2D eigenvalue weighted by Crippen LogP contribution is -2.27. The lowest BCUT2D eigenvalue weighted by atomic mass is 10.1. The number of fused-ring (bicyclic) bond motifs is 1. The summed E-state index contributed by atoms with van der Waals surface area (Å²) < 4.78 is 1.96. The number of hydrogen-bond donors (Lipinski definition) is 2. The van der Waals surface area contributed by atoms with E-state index < -0.39 is 0 Å². The molecule has 1 unspecified atom stereocenters. The number of amides is 1. The quantitative estimate of drug-likeness (QED) is 0.885. The third-order valence-corrected chi connectivity index (χ3v) is 5.15. The molecule has 1 aromatic carbocycles. The predicted octanol–water partition coefficient (Wildman–Crippen LogP) is 2.09. The zero-order valence-corrected chi connectivity index (χ0v) is 13.9. The third kappa shape index (κ3) is 2.96. The summed E-state index contributed by atoms with van der Waals surface area (Å²) in [6, 6.07) is 10.1. The molecule has 2 heterocycles. The number of carbonyl (C=O) groups is 1. The van der Waals surface area contributed by atoms with Gasteiger partial charge in [0.1, 0.15) is 0 Å². The maximum atomic E-state index is 12.6. The summed E-state index contributed by atoms with van der Waals surface area (Å²) in [6.45, 7) is 2.92. The molecule has 5 nitrogen and oxygen atoms in total. The standard InChI is InChI=1S/C19H24N4O/c24-19(21-12-10-14-9-11-20-13-14)18-16-7-4-8-17(16)23(22-18)15-5-2-1-3-6-15/h1-3,5-6,14,20H,4,7-13H2,(H,21,24). The van der Waals surface area contributed by atoms with Gasteiger partial charge in [0.15, 0.2) is 5.69 Å². The first-order valence-corrected chi connectivity index (χ1v) is 8.98. The van der Waals surface area contributed by atoms with Crippen LogP contribution in [0.25, 0.3) is 5.69 Å². The summed E-state index contributed by atoms with van der Waals surface area (Å²) in [5.41, 5.74) is 3.99. The van der Waals surface area contributed by atoms with Crippen molar-refractivity contribution in [1.82, 2.24) is 20.4 Å². The summed E-state index contributed by atoms with van der Waals surface area (Å²) >= 11 is 0. The number of para-hydroxylation sites is 1. The minimum Gasteiger partial charge on any atom is -0.351 e. The fourth-order valence-corrected chi connectivity index (χ4v) is 3.84. The molecular formula is C19H24N4O. The molecule has 1 amide bonds. The van der Waals surface area contributed by atoms with Crippen molar-refractivity contribution >= 4 is 5.91 Å². The average Bonchev–Trinajstić information content (AvgIpc) is 3.33. The Morgan fingerprint density at radius 2 is 2.17 bits per heavy atom. The van der Waals surface area contributed by atoms with Crippen LogP contribution in [0.2, 0.25) is 0 Å². The Bertz CT molecular complexity index is 716. The zero-order chi connectivity index (χ0) is 16.4. The molecule has 1 fully saturated rings. The molecule has 2 N–H and O–H groups in total. The van der Waals surface area contributed by atoms with Gasteiger partial charge in [-0.05, 0) is 63.2 Å². The molecule has 0 saturated carbocycles. The highest BCUT2D eigenvalue weighted by Crippen LogP contribution is 2.27. The van der Waals surface area contributed by atoms with E-state index in [-0.39, 0.29) is 5.91 Å². The minimum atomic E-state index is -0.0196. The molecule has 1 aromatic heterocycles. The highest BCUT2D eigenvalue weighted by Gasteiger charge is 2.26. The largest absolute Gasteiger partial charge is 0.351 e.